The summed E-state index contributed by atoms with van der Waals surface area (Å²) < 4.78 is 27.2. The van der Waals surface area contributed by atoms with Crippen LogP contribution < -0.4 is 0 Å². The molecule has 1 aliphatic heterocycles. The number of piperazine rings is 1. The van der Waals surface area contributed by atoms with E-state index < -0.39 is 0 Å². The lowest BCUT2D eigenvalue weighted by Gasteiger charge is -2.44. The zero-order valence-corrected chi connectivity index (χ0v) is 20.2. The summed E-state index contributed by atoms with van der Waals surface area (Å²) in [6.45, 7) is 8.09. The van der Waals surface area contributed by atoms with Crippen LogP contribution in [-0.4, -0.2) is 58.8 Å². The van der Waals surface area contributed by atoms with Gasteiger partial charge in [-0.2, -0.15) is 0 Å². The molecule has 1 aromatic heterocycles. The average molecular weight is 470 g/mol. The van der Waals surface area contributed by atoms with E-state index in [0.717, 1.165) is 16.8 Å². The molecule has 2 fully saturated rings. The van der Waals surface area contributed by atoms with Crippen LogP contribution in [0.4, 0.5) is 8.78 Å². The maximum absolute atomic E-state index is 14.5. The van der Waals surface area contributed by atoms with E-state index >= 15 is 0 Å². The second kappa shape index (κ2) is 10.3. The van der Waals surface area contributed by atoms with Crippen LogP contribution in [0.2, 0.25) is 0 Å². The molecular formula is C27H33F2N3O2. The van der Waals surface area contributed by atoms with Crippen LogP contribution in [0.1, 0.15) is 52.5 Å². The van der Waals surface area contributed by atoms with Gasteiger partial charge < -0.3 is 4.90 Å². The summed E-state index contributed by atoms with van der Waals surface area (Å²) in [5, 5.41) is 0. The van der Waals surface area contributed by atoms with Crippen molar-refractivity contribution in [3.8, 4) is 0 Å². The van der Waals surface area contributed by atoms with Gasteiger partial charge in [0.25, 0.3) is 0 Å². The number of hydrogen-bond acceptors (Lipinski definition) is 4. The third-order valence-corrected chi connectivity index (χ3v) is 7.36. The van der Waals surface area contributed by atoms with Gasteiger partial charge in [0.2, 0.25) is 5.91 Å². The van der Waals surface area contributed by atoms with E-state index in [2.05, 4.69) is 9.88 Å². The molecule has 7 heteroatoms. The van der Waals surface area contributed by atoms with Gasteiger partial charge in [-0.1, -0.05) is 0 Å². The zero-order chi connectivity index (χ0) is 24.4. The summed E-state index contributed by atoms with van der Waals surface area (Å²) in [6.07, 6.45) is 3.01. The van der Waals surface area contributed by atoms with Crippen molar-refractivity contribution < 1.29 is 18.4 Å². The number of rotatable bonds is 7. The normalized spacial score (nSPS) is 23.0. The maximum atomic E-state index is 14.5. The molecular weight excluding hydrogens is 436 g/mol. The molecule has 1 saturated heterocycles. The van der Waals surface area contributed by atoms with Gasteiger partial charge in [0.05, 0.1) is 6.67 Å². The minimum absolute atomic E-state index is 0.0379. The highest BCUT2D eigenvalue weighted by Crippen LogP contribution is 2.36. The number of halogens is 2. The minimum atomic E-state index is -0.348. The van der Waals surface area contributed by atoms with Crippen LogP contribution in [0.25, 0.3) is 0 Å². The van der Waals surface area contributed by atoms with Crippen molar-refractivity contribution in [3.63, 3.8) is 0 Å². The Kier molecular flexibility index (Phi) is 7.41. The third-order valence-electron chi connectivity index (χ3n) is 7.36. The SMILES string of the molecule is Cc1ccc(C(=O)Cc2cc(F)cc(CN3CCN(C(=O)C4CC(CF)C4)[C@@H](C)C3)c2C)cn1. The monoisotopic (exact) mass is 469 g/mol. The van der Waals surface area contributed by atoms with Crippen molar-refractivity contribution in [1.82, 2.24) is 14.8 Å². The molecule has 2 aliphatic rings. The molecule has 1 amide bonds. The molecule has 1 atom stereocenters. The smallest absolute Gasteiger partial charge is 0.226 e. The molecule has 0 radical (unpaired) electrons. The van der Waals surface area contributed by atoms with Crippen LogP contribution in [0.15, 0.2) is 30.5 Å². The minimum Gasteiger partial charge on any atom is -0.337 e. The van der Waals surface area contributed by atoms with E-state index in [-0.39, 0.29) is 48.5 Å². The largest absolute Gasteiger partial charge is 0.337 e. The van der Waals surface area contributed by atoms with E-state index in [0.29, 0.717) is 50.1 Å². The summed E-state index contributed by atoms with van der Waals surface area (Å²) in [5.74, 6) is -0.280. The quantitative estimate of drug-likeness (QED) is 0.568. The fraction of sp³-hybridized carbons (Fsp3) is 0.519. The van der Waals surface area contributed by atoms with E-state index in [1.54, 1.807) is 24.4 Å². The number of hydrogen-bond donors (Lipinski definition) is 0. The summed E-state index contributed by atoms with van der Waals surface area (Å²) in [5.41, 5.74) is 3.84. The Balaban J connectivity index is 1.39. The first-order valence-corrected chi connectivity index (χ1v) is 12.1. The zero-order valence-electron chi connectivity index (χ0n) is 20.2. The number of aromatic nitrogens is 1. The van der Waals surface area contributed by atoms with Gasteiger partial charge in [-0.25, -0.2) is 4.39 Å². The molecule has 1 aliphatic carbocycles. The number of pyridine rings is 1. The topological polar surface area (TPSA) is 53.5 Å². The standard InChI is InChI=1S/C27H33F2N3O2/c1-17-4-5-21(14-30-17)26(33)12-22-10-25(29)11-24(19(22)3)16-31-6-7-32(18(2)15-31)27(34)23-8-20(9-23)13-28/h4-5,10-11,14,18,20,23H,6-9,12-13,15-16H2,1-3H3/t18-,20?,23?/m0/s1. The molecule has 5 nitrogen and oxygen atoms in total. The van der Waals surface area contributed by atoms with Crippen LogP contribution >= 0.6 is 0 Å². The summed E-state index contributed by atoms with van der Waals surface area (Å²) >= 11 is 0. The number of carbonyl (C=O) groups excluding carboxylic acids is 2. The molecule has 0 bridgehead atoms. The number of nitrogens with zero attached hydrogens (tertiary/aromatic N) is 3. The van der Waals surface area contributed by atoms with E-state index in [1.165, 1.54) is 6.07 Å². The predicted molar refractivity (Wildman–Crippen MR) is 127 cm³/mol. The van der Waals surface area contributed by atoms with Crippen molar-refractivity contribution in [2.75, 3.05) is 26.3 Å². The molecule has 2 heterocycles. The van der Waals surface area contributed by atoms with Crippen LogP contribution in [0.3, 0.4) is 0 Å². The molecule has 0 unspecified atom stereocenters. The van der Waals surface area contributed by atoms with Crippen molar-refractivity contribution in [2.24, 2.45) is 11.8 Å². The van der Waals surface area contributed by atoms with Gasteiger partial charge in [-0.3, -0.25) is 23.9 Å². The van der Waals surface area contributed by atoms with Crippen LogP contribution in [0, 0.1) is 31.5 Å². The van der Waals surface area contributed by atoms with Crippen LogP contribution in [0.5, 0.6) is 0 Å². The summed E-state index contributed by atoms with van der Waals surface area (Å²) in [6, 6.07) is 6.59. The Morgan fingerprint density at radius 1 is 1.12 bits per heavy atom. The molecule has 1 aromatic carbocycles. The van der Waals surface area contributed by atoms with Gasteiger partial charge >= 0.3 is 0 Å². The third kappa shape index (κ3) is 5.35. The average Bonchev–Trinajstić information content (AvgIpc) is 2.76. The lowest BCUT2D eigenvalue weighted by atomic mass is 9.74. The second-order valence-electron chi connectivity index (χ2n) is 9.94. The number of aryl methyl sites for hydroxylation is 1. The number of Topliss-reactive ketones (excluding diaryl/α,β-unsaturated/α-hetero) is 1. The molecule has 1 saturated carbocycles. The molecule has 0 spiro atoms. The van der Waals surface area contributed by atoms with Crippen molar-refractivity contribution in [2.45, 2.75) is 52.6 Å². The number of alkyl halides is 1. The Morgan fingerprint density at radius 2 is 1.85 bits per heavy atom. The highest BCUT2D eigenvalue weighted by molar-refractivity contribution is 5.97. The van der Waals surface area contributed by atoms with Gasteiger partial charge in [0, 0.05) is 62.0 Å². The van der Waals surface area contributed by atoms with E-state index in [9.17, 15) is 18.4 Å². The highest BCUT2D eigenvalue weighted by atomic mass is 19.1. The number of amides is 1. The van der Waals surface area contributed by atoms with Gasteiger partial charge in [-0.05, 0) is 80.5 Å². The lowest BCUT2D eigenvalue weighted by molar-refractivity contribution is -0.144. The predicted octanol–water partition coefficient (Wildman–Crippen LogP) is 4.29. The Bertz CT molecular complexity index is 1050. The Morgan fingerprint density at radius 3 is 2.50 bits per heavy atom. The first-order chi connectivity index (χ1) is 16.2. The summed E-state index contributed by atoms with van der Waals surface area (Å²) in [4.78, 5) is 33.9. The Hall–Kier alpha value is -2.67. The van der Waals surface area contributed by atoms with E-state index in [1.807, 2.05) is 25.7 Å². The first kappa shape index (κ1) is 24.5. The van der Waals surface area contributed by atoms with Crippen LogP contribution in [-0.2, 0) is 17.8 Å². The molecule has 2 aromatic rings. The molecule has 34 heavy (non-hydrogen) atoms. The van der Waals surface area contributed by atoms with Gasteiger partial charge in [0.15, 0.2) is 5.78 Å². The molecule has 4 rings (SSSR count). The molecule has 0 N–H and O–H groups in total. The number of carbonyl (C=O) groups is 2. The fourth-order valence-electron chi connectivity index (χ4n) is 5.10. The second-order valence-corrected chi connectivity index (χ2v) is 9.94. The highest BCUT2D eigenvalue weighted by Gasteiger charge is 2.39. The fourth-order valence-corrected chi connectivity index (χ4v) is 5.10. The first-order valence-electron chi connectivity index (χ1n) is 12.1. The number of ketones is 1. The van der Waals surface area contributed by atoms with Crippen molar-refractivity contribution in [1.29, 1.82) is 0 Å². The Labute approximate surface area is 200 Å². The molecule has 182 valence electrons. The van der Waals surface area contributed by atoms with Crippen molar-refractivity contribution in [3.05, 3.63) is 64.2 Å². The lowest BCUT2D eigenvalue weighted by Crippen LogP contribution is -2.56. The summed E-state index contributed by atoms with van der Waals surface area (Å²) in [7, 11) is 0. The van der Waals surface area contributed by atoms with Gasteiger partial charge in [-0.15, -0.1) is 0 Å². The maximum Gasteiger partial charge on any atom is 0.226 e. The van der Waals surface area contributed by atoms with Crippen molar-refractivity contribution >= 4 is 11.7 Å². The van der Waals surface area contributed by atoms with Gasteiger partial charge in [0.1, 0.15) is 5.82 Å². The number of benzene rings is 1. The van der Waals surface area contributed by atoms with E-state index in [4.69, 9.17) is 0 Å².